The van der Waals surface area contributed by atoms with E-state index in [1.807, 2.05) is 24.3 Å². The normalized spacial score (nSPS) is 10.6. The standard InChI is InChI=1S/C21H19FIN/c22-19-10-6-11-20(15-19)24(16-17-7-2-1-3-8-17)14-13-18-9-4-5-12-21(18)23/h1-12,15H,13-14,16H2. The van der Waals surface area contributed by atoms with Gasteiger partial charge in [-0.1, -0.05) is 54.6 Å². The van der Waals surface area contributed by atoms with Crippen molar-refractivity contribution in [2.45, 2.75) is 13.0 Å². The number of rotatable bonds is 6. The predicted octanol–water partition coefficient (Wildman–Crippen LogP) is 5.68. The number of halogens is 2. The summed E-state index contributed by atoms with van der Waals surface area (Å²) in [5, 5.41) is 0. The number of hydrogen-bond acceptors (Lipinski definition) is 1. The second kappa shape index (κ2) is 8.29. The molecule has 0 unspecified atom stereocenters. The highest BCUT2D eigenvalue weighted by atomic mass is 127. The van der Waals surface area contributed by atoms with Crippen molar-refractivity contribution in [3.8, 4) is 0 Å². The molecule has 0 bridgehead atoms. The highest BCUT2D eigenvalue weighted by molar-refractivity contribution is 14.1. The second-order valence-electron chi connectivity index (χ2n) is 5.73. The molecular formula is C21H19FIN. The van der Waals surface area contributed by atoms with Gasteiger partial charge in [0.1, 0.15) is 5.82 Å². The van der Waals surface area contributed by atoms with Crippen molar-refractivity contribution < 1.29 is 4.39 Å². The molecule has 0 aliphatic heterocycles. The molecule has 0 saturated carbocycles. The maximum atomic E-state index is 13.7. The topological polar surface area (TPSA) is 3.24 Å². The largest absolute Gasteiger partial charge is 0.367 e. The molecule has 122 valence electrons. The van der Waals surface area contributed by atoms with E-state index in [1.165, 1.54) is 20.8 Å². The van der Waals surface area contributed by atoms with E-state index in [1.54, 1.807) is 12.1 Å². The van der Waals surface area contributed by atoms with Crippen molar-refractivity contribution in [1.29, 1.82) is 0 Å². The summed E-state index contributed by atoms with van der Waals surface area (Å²) in [5.74, 6) is -0.195. The van der Waals surface area contributed by atoms with Crippen LogP contribution in [0.5, 0.6) is 0 Å². The number of benzene rings is 3. The third-order valence-corrected chi connectivity index (χ3v) is 5.05. The zero-order valence-electron chi connectivity index (χ0n) is 13.3. The van der Waals surface area contributed by atoms with Crippen LogP contribution in [-0.4, -0.2) is 6.54 Å². The van der Waals surface area contributed by atoms with Crippen molar-refractivity contribution >= 4 is 28.3 Å². The van der Waals surface area contributed by atoms with Crippen LogP contribution in [0.25, 0.3) is 0 Å². The lowest BCUT2D eigenvalue weighted by Gasteiger charge is -2.25. The third kappa shape index (κ3) is 4.57. The lowest BCUT2D eigenvalue weighted by atomic mass is 10.1. The number of hydrogen-bond donors (Lipinski definition) is 0. The number of anilines is 1. The van der Waals surface area contributed by atoms with E-state index < -0.39 is 0 Å². The van der Waals surface area contributed by atoms with Gasteiger partial charge in [-0.2, -0.15) is 0 Å². The summed E-state index contributed by atoms with van der Waals surface area (Å²) in [6.07, 6.45) is 0.933. The Morgan fingerprint density at radius 2 is 1.58 bits per heavy atom. The van der Waals surface area contributed by atoms with Gasteiger partial charge in [0.2, 0.25) is 0 Å². The van der Waals surface area contributed by atoms with Crippen LogP contribution in [0.1, 0.15) is 11.1 Å². The van der Waals surface area contributed by atoms with Crippen molar-refractivity contribution in [3.05, 3.63) is 99.4 Å². The molecule has 0 saturated heterocycles. The molecule has 0 amide bonds. The van der Waals surface area contributed by atoms with Crippen LogP contribution in [0.4, 0.5) is 10.1 Å². The molecular weight excluding hydrogens is 412 g/mol. The van der Waals surface area contributed by atoms with Gasteiger partial charge in [0.15, 0.2) is 0 Å². The zero-order valence-corrected chi connectivity index (χ0v) is 15.5. The van der Waals surface area contributed by atoms with Gasteiger partial charge in [-0.3, -0.25) is 0 Å². The lowest BCUT2D eigenvalue weighted by Crippen LogP contribution is -2.25. The molecule has 0 aliphatic rings. The molecule has 0 atom stereocenters. The molecule has 0 fully saturated rings. The van der Waals surface area contributed by atoms with Crippen molar-refractivity contribution in [2.24, 2.45) is 0 Å². The fourth-order valence-electron chi connectivity index (χ4n) is 2.73. The first kappa shape index (κ1) is 17.0. The minimum absolute atomic E-state index is 0.195. The highest BCUT2D eigenvalue weighted by Gasteiger charge is 2.10. The Labute approximate surface area is 156 Å². The Morgan fingerprint density at radius 1 is 0.833 bits per heavy atom. The van der Waals surface area contributed by atoms with E-state index in [2.05, 4.69) is 63.9 Å². The Bertz CT molecular complexity index is 789. The summed E-state index contributed by atoms with van der Waals surface area (Å²) in [5.41, 5.74) is 3.47. The molecule has 0 aliphatic carbocycles. The van der Waals surface area contributed by atoms with E-state index in [-0.39, 0.29) is 5.82 Å². The van der Waals surface area contributed by atoms with Crippen LogP contribution in [0.15, 0.2) is 78.9 Å². The Balaban J connectivity index is 1.80. The average Bonchev–Trinajstić information content (AvgIpc) is 2.61. The summed E-state index contributed by atoms with van der Waals surface area (Å²) >= 11 is 2.37. The highest BCUT2D eigenvalue weighted by Crippen LogP contribution is 2.20. The van der Waals surface area contributed by atoms with Crippen LogP contribution in [0.3, 0.4) is 0 Å². The molecule has 3 rings (SSSR count). The SMILES string of the molecule is Fc1cccc(N(CCc2ccccc2I)Cc2ccccc2)c1. The van der Waals surface area contributed by atoms with Gasteiger partial charge in [-0.25, -0.2) is 4.39 Å². The van der Waals surface area contributed by atoms with Crippen LogP contribution in [-0.2, 0) is 13.0 Å². The summed E-state index contributed by atoms with van der Waals surface area (Å²) in [4.78, 5) is 2.24. The molecule has 0 aromatic heterocycles. The van der Waals surface area contributed by atoms with Gasteiger partial charge >= 0.3 is 0 Å². The Morgan fingerprint density at radius 3 is 2.33 bits per heavy atom. The molecule has 0 spiro atoms. The van der Waals surface area contributed by atoms with Gasteiger partial charge in [-0.15, -0.1) is 0 Å². The average molecular weight is 431 g/mol. The fourth-order valence-corrected chi connectivity index (χ4v) is 3.39. The third-order valence-electron chi connectivity index (χ3n) is 4.00. The minimum atomic E-state index is -0.195. The molecule has 3 aromatic rings. The van der Waals surface area contributed by atoms with E-state index in [9.17, 15) is 4.39 Å². The zero-order chi connectivity index (χ0) is 16.8. The van der Waals surface area contributed by atoms with Gasteiger partial charge in [-0.05, 0) is 64.4 Å². The molecule has 0 N–H and O–H groups in total. The number of nitrogens with zero attached hydrogens (tertiary/aromatic N) is 1. The van der Waals surface area contributed by atoms with E-state index >= 15 is 0 Å². The van der Waals surface area contributed by atoms with Crippen molar-refractivity contribution in [2.75, 3.05) is 11.4 Å². The van der Waals surface area contributed by atoms with Crippen molar-refractivity contribution in [1.82, 2.24) is 0 Å². The minimum Gasteiger partial charge on any atom is -0.367 e. The maximum absolute atomic E-state index is 13.7. The van der Waals surface area contributed by atoms with E-state index in [0.29, 0.717) is 0 Å². The van der Waals surface area contributed by atoms with Gasteiger partial charge in [0.05, 0.1) is 0 Å². The summed E-state index contributed by atoms with van der Waals surface area (Å²) in [6, 6.07) is 25.6. The fraction of sp³-hybridized carbons (Fsp3) is 0.143. The molecule has 3 aromatic carbocycles. The Hall–Kier alpha value is -1.88. The van der Waals surface area contributed by atoms with Crippen LogP contribution >= 0.6 is 22.6 Å². The van der Waals surface area contributed by atoms with E-state index in [0.717, 1.165) is 25.2 Å². The molecule has 0 heterocycles. The molecule has 1 nitrogen and oxygen atoms in total. The molecule has 0 radical (unpaired) electrons. The van der Waals surface area contributed by atoms with Gasteiger partial charge in [0.25, 0.3) is 0 Å². The van der Waals surface area contributed by atoms with Gasteiger partial charge in [0, 0.05) is 22.3 Å². The summed E-state index contributed by atoms with van der Waals surface area (Å²) < 4.78 is 14.9. The first-order chi connectivity index (χ1) is 11.7. The quantitative estimate of drug-likeness (QED) is 0.454. The first-order valence-corrected chi connectivity index (χ1v) is 9.08. The first-order valence-electron chi connectivity index (χ1n) is 8.00. The summed E-state index contributed by atoms with van der Waals surface area (Å²) in [6.45, 7) is 1.62. The monoisotopic (exact) mass is 431 g/mol. The smallest absolute Gasteiger partial charge is 0.125 e. The lowest BCUT2D eigenvalue weighted by molar-refractivity contribution is 0.626. The predicted molar refractivity (Wildman–Crippen MR) is 107 cm³/mol. The van der Waals surface area contributed by atoms with Crippen molar-refractivity contribution in [3.63, 3.8) is 0 Å². The second-order valence-corrected chi connectivity index (χ2v) is 6.89. The maximum Gasteiger partial charge on any atom is 0.125 e. The van der Waals surface area contributed by atoms with Gasteiger partial charge < -0.3 is 4.90 Å². The summed E-state index contributed by atoms with van der Waals surface area (Å²) in [7, 11) is 0. The molecule has 3 heteroatoms. The Kier molecular flexibility index (Phi) is 5.86. The van der Waals surface area contributed by atoms with E-state index in [4.69, 9.17) is 0 Å². The van der Waals surface area contributed by atoms with Crippen LogP contribution < -0.4 is 4.90 Å². The molecule has 24 heavy (non-hydrogen) atoms. The van der Waals surface area contributed by atoms with Crippen LogP contribution in [0, 0.1) is 9.39 Å². The van der Waals surface area contributed by atoms with Crippen LogP contribution in [0.2, 0.25) is 0 Å².